The summed E-state index contributed by atoms with van der Waals surface area (Å²) in [5, 5.41) is 4.37. The minimum absolute atomic E-state index is 0.0151. The molecule has 0 aliphatic carbocycles. The van der Waals surface area contributed by atoms with Gasteiger partial charge in [0.1, 0.15) is 5.69 Å². The fraction of sp³-hybridized carbons (Fsp3) is 0.700. The Hall–Kier alpha value is -2.26. The fourth-order valence-corrected chi connectivity index (χ4v) is 4.31. The summed E-state index contributed by atoms with van der Waals surface area (Å²) in [6.45, 7) is 3.39. The molecule has 0 aromatic carbocycles. The van der Waals surface area contributed by atoms with E-state index in [2.05, 4.69) is 10.1 Å². The van der Waals surface area contributed by atoms with Gasteiger partial charge in [-0.1, -0.05) is 5.16 Å². The Kier molecular flexibility index (Phi) is 5.96. The first-order valence-corrected chi connectivity index (χ1v) is 10.3. The lowest BCUT2D eigenvalue weighted by atomic mass is 9.75. The second-order valence-corrected chi connectivity index (χ2v) is 8.05. The van der Waals surface area contributed by atoms with Gasteiger partial charge in [-0.2, -0.15) is 4.98 Å². The van der Waals surface area contributed by atoms with Crippen LogP contribution in [0.3, 0.4) is 0 Å². The minimum Gasteiger partial charge on any atom is -0.385 e. The van der Waals surface area contributed by atoms with Gasteiger partial charge in [0.15, 0.2) is 5.82 Å². The average molecular weight is 403 g/mol. The van der Waals surface area contributed by atoms with Gasteiger partial charge in [0, 0.05) is 58.4 Å². The number of carbonyl (C=O) groups is 1. The van der Waals surface area contributed by atoms with E-state index < -0.39 is 0 Å². The Morgan fingerprint density at radius 1 is 1.31 bits per heavy atom. The third-order valence-corrected chi connectivity index (χ3v) is 6.31. The maximum Gasteiger partial charge on any atom is 0.272 e. The number of rotatable bonds is 6. The van der Waals surface area contributed by atoms with Crippen LogP contribution in [0.4, 0.5) is 0 Å². The van der Waals surface area contributed by atoms with Crippen LogP contribution in [-0.4, -0.2) is 70.5 Å². The minimum atomic E-state index is -0.230. The molecule has 1 amide bonds. The van der Waals surface area contributed by atoms with Crippen LogP contribution in [0, 0.1) is 0 Å². The van der Waals surface area contributed by atoms with Crippen molar-refractivity contribution in [2.24, 2.45) is 7.05 Å². The molecule has 0 unspecified atom stereocenters. The summed E-state index contributed by atoms with van der Waals surface area (Å²) in [6, 6.07) is 0. The molecule has 29 heavy (non-hydrogen) atoms. The van der Waals surface area contributed by atoms with Gasteiger partial charge in [0.2, 0.25) is 5.89 Å². The van der Waals surface area contributed by atoms with Crippen molar-refractivity contribution in [2.45, 2.75) is 43.4 Å². The largest absolute Gasteiger partial charge is 0.385 e. The van der Waals surface area contributed by atoms with Gasteiger partial charge < -0.3 is 23.5 Å². The number of nitrogens with zero attached hydrogens (tertiary/aromatic N) is 5. The fourth-order valence-electron chi connectivity index (χ4n) is 4.31. The molecular weight excluding hydrogens is 374 g/mol. The molecule has 0 bridgehead atoms. The highest BCUT2D eigenvalue weighted by Crippen LogP contribution is 2.38. The second kappa shape index (κ2) is 8.62. The molecule has 2 aromatic rings. The van der Waals surface area contributed by atoms with Crippen molar-refractivity contribution in [3.8, 4) is 0 Å². The van der Waals surface area contributed by atoms with Crippen molar-refractivity contribution in [3.63, 3.8) is 0 Å². The predicted molar refractivity (Wildman–Crippen MR) is 104 cm³/mol. The molecule has 9 nitrogen and oxygen atoms in total. The molecule has 2 fully saturated rings. The highest BCUT2D eigenvalue weighted by molar-refractivity contribution is 5.92. The third kappa shape index (κ3) is 4.06. The maximum atomic E-state index is 12.8. The van der Waals surface area contributed by atoms with E-state index in [-0.39, 0.29) is 17.2 Å². The molecule has 2 aliphatic heterocycles. The zero-order valence-corrected chi connectivity index (χ0v) is 17.2. The highest BCUT2D eigenvalue weighted by atomic mass is 16.5. The van der Waals surface area contributed by atoms with Crippen LogP contribution in [0.5, 0.6) is 0 Å². The van der Waals surface area contributed by atoms with Gasteiger partial charge in [-0.05, 0) is 32.1 Å². The number of methoxy groups -OCH3 is 1. The number of hydrogen-bond donors (Lipinski definition) is 0. The molecule has 0 atom stereocenters. The Bertz CT molecular complexity index is 818. The molecular formula is C20H29N5O4. The van der Waals surface area contributed by atoms with Crippen LogP contribution in [0.1, 0.15) is 60.2 Å². The van der Waals surface area contributed by atoms with Gasteiger partial charge in [-0.25, -0.2) is 4.98 Å². The van der Waals surface area contributed by atoms with Crippen molar-refractivity contribution in [3.05, 3.63) is 29.9 Å². The number of imidazole rings is 1. The van der Waals surface area contributed by atoms with E-state index in [4.69, 9.17) is 19.0 Å². The second-order valence-electron chi connectivity index (χ2n) is 8.05. The lowest BCUT2D eigenvalue weighted by Crippen LogP contribution is -2.46. The van der Waals surface area contributed by atoms with E-state index in [1.807, 2.05) is 11.9 Å². The summed E-state index contributed by atoms with van der Waals surface area (Å²) in [5.74, 6) is 1.76. The van der Waals surface area contributed by atoms with E-state index in [1.165, 1.54) is 0 Å². The highest BCUT2D eigenvalue weighted by Gasteiger charge is 2.42. The van der Waals surface area contributed by atoms with Crippen LogP contribution in [0.15, 0.2) is 17.0 Å². The summed E-state index contributed by atoms with van der Waals surface area (Å²) < 4.78 is 18.2. The zero-order chi connectivity index (χ0) is 20.3. The van der Waals surface area contributed by atoms with Gasteiger partial charge in [0.25, 0.3) is 5.91 Å². The maximum absolute atomic E-state index is 12.8. The SMILES string of the molecule is COCCC1(c2noc(C3CCOCC3)n2)CCN(C(=O)c2cncn2C)CC1. The van der Waals surface area contributed by atoms with Crippen molar-refractivity contribution in [2.75, 3.05) is 40.0 Å². The first-order valence-electron chi connectivity index (χ1n) is 10.3. The monoisotopic (exact) mass is 403 g/mol. The van der Waals surface area contributed by atoms with Crippen LogP contribution in [-0.2, 0) is 21.9 Å². The molecule has 0 saturated carbocycles. The predicted octanol–water partition coefficient (Wildman–Crippen LogP) is 1.91. The van der Waals surface area contributed by atoms with E-state index in [0.29, 0.717) is 31.3 Å². The number of hydrogen-bond acceptors (Lipinski definition) is 7. The number of ether oxygens (including phenoxy) is 2. The summed E-state index contributed by atoms with van der Waals surface area (Å²) in [4.78, 5) is 23.6. The summed E-state index contributed by atoms with van der Waals surface area (Å²) in [5.41, 5.74) is 0.377. The zero-order valence-electron chi connectivity index (χ0n) is 17.2. The lowest BCUT2D eigenvalue weighted by molar-refractivity contribution is 0.0607. The van der Waals surface area contributed by atoms with E-state index in [0.717, 1.165) is 51.1 Å². The Morgan fingerprint density at radius 2 is 2.07 bits per heavy atom. The topological polar surface area (TPSA) is 95.5 Å². The Labute approximate surface area is 170 Å². The molecule has 0 N–H and O–H groups in total. The first kappa shape index (κ1) is 20.0. The number of amides is 1. The molecule has 4 rings (SSSR count). The molecule has 0 radical (unpaired) electrons. The van der Waals surface area contributed by atoms with Gasteiger partial charge in [0.05, 0.1) is 12.5 Å². The smallest absolute Gasteiger partial charge is 0.272 e. The number of carbonyl (C=O) groups excluding carboxylic acids is 1. The van der Waals surface area contributed by atoms with E-state index >= 15 is 0 Å². The Morgan fingerprint density at radius 3 is 2.72 bits per heavy atom. The molecule has 4 heterocycles. The van der Waals surface area contributed by atoms with Crippen LogP contribution >= 0.6 is 0 Å². The lowest BCUT2D eigenvalue weighted by Gasteiger charge is -2.39. The van der Waals surface area contributed by atoms with Crippen LogP contribution in [0.2, 0.25) is 0 Å². The normalized spacial score (nSPS) is 20.1. The number of aromatic nitrogens is 4. The molecule has 2 aromatic heterocycles. The van der Waals surface area contributed by atoms with Gasteiger partial charge in [-0.15, -0.1) is 0 Å². The van der Waals surface area contributed by atoms with Crippen molar-refractivity contribution < 1.29 is 18.8 Å². The third-order valence-electron chi connectivity index (χ3n) is 6.31. The number of aryl methyl sites for hydroxylation is 1. The van der Waals surface area contributed by atoms with Crippen LogP contribution in [0.25, 0.3) is 0 Å². The number of piperidine rings is 1. The first-order chi connectivity index (χ1) is 14.1. The summed E-state index contributed by atoms with van der Waals surface area (Å²) in [7, 11) is 3.54. The van der Waals surface area contributed by atoms with Crippen LogP contribution < -0.4 is 0 Å². The molecule has 2 saturated heterocycles. The summed E-state index contributed by atoms with van der Waals surface area (Å²) in [6.07, 6.45) is 7.48. The quantitative estimate of drug-likeness (QED) is 0.727. The Balaban J connectivity index is 1.49. The van der Waals surface area contributed by atoms with E-state index in [1.54, 1.807) is 24.2 Å². The summed E-state index contributed by atoms with van der Waals surface area (Å²) >= 11 is 0. The van der Waals surface area contributed by atoms with Crippen molar-refractivity contribution >= 4 is 5.91 Å². The molecule has 0 spiro atoms. The van der Waals surface area contributed by atoms with E-state index in [9.17, 15) is 4.79 Å². The standard InChI is InChI=1S/C20H29N5O4/c1-24-14-21-13-16(24)18(26)25-8-5-20(6-9-25,7-12-27-2)19-22-17(29-23-19)15-3-10-28-11-4-15/h13-15H,3-12H2,1-2H3. The molecule has 158 valence electrons. The molecule has 2 aliphatic rings. The van der Waals surface area contributed by atoms with Gasteiger partial charge >= 0.3 is 0 Å². The van der Waals surface area contributed by atoms with Crippen molar-refractivity contribution in [1.82, 2.24) is 24.6 Å². The average Bonchev–Trinajstić information content (AvgIpc) is 3.42. The van der Waals surface area contributed by atoms with Gasteiger partial charge in [-0.3, -0.25) is 4.79 Å². The number of likely N-dealkylation sites (tertiary alicyclic amines) is 1. The molecule has 9 heteroatoms. The van der Waals surface area contributed by atoms with Crippen molar-refractivity contribution in [1.29, 1.82) is 0 Å².